The number of hydrogen-bond donors (Lipinski definition) is 2. The van der Waals surface area contributed by atoms with Gasteiger partial charge in [-0.15, -0.1) is 0 Å². The number of anilines is 1. The first kappa shape index (κ1) is 16.1. The summed E-state index contributed by atoms with van der Waals surface area (Å²) in [4.78, 5) is 20.0. The molecular weight excluding hydrogens is 266 g/mol. The van der Waals surface area contributed by atoms with E-state index >= 15 is 0 Å². The first-order valence-electron chi connectivity index (χ1n) is 4.01. The Morgan fingerprint density at radius 1 is 1.59 bits per heavy atom. The number of aliphatic carboxylic acids is 1. The quantitative estimate of drug-likeness (QED) is 0.492. The van der Waals surface area contributed by atoms with Gasteiger partial charge in [0.25, 0.3) is 5.69 Å². The predicted molar refractivity (Wildman–Crippen MR) is 59.9 cm³/mol. The molecule has 0 bridgehead atoms. The molecule has 0 atom stereocenters. The molecule has 6 nitrogen and oxygen atoms in total. The molecule has 0 saturated carbocycles. The maximum absolute atomic E-state index is 13.0. The Morgan fingerprint density at radius 2 is 2.18 bits per heavy atom. The van der Waals surface area contributed by atoms with Gasteiger partial charge >= 0.3 is 5.97 Å². The molecule has 0 aliphatic carbocycles. The number of carboxylic acid groups (broad SMARTS) is 1. The minimum Gasteiger partial charge on any atom is -0.480 e. The van der Waals surface area contributed by atoms with E-state index in [-0.39, 0.29) is 35.2 Å². The van der Waals surface area contributed by atoms with E-state index in [1.165, 1.54) is 0 Å². The number of carbonyl (C=O) groups is 1. The van der Waals surface area contributed by atoms with Crippen molar-refractivity contribution in [3.05, 3.63) is 33.1 Å². The van der Waals surface area contributed by atoms with Gasteiger partial charge in [0.1, 0.15) is 18.0 Å². The van der Waals surface area contributed by atoms with E-state index in [0.717, 1.165) is 12.1 Å². The van der Waals surface area contributed by atoms with Crippen LogP contribution in [-0.4, -0.2) is 52.1 Å². The summed E-state index contributed by atoms with van der Waals surface area (Å²) in [6.07, 6.45) is 0. The van der Waals surface area contributed by atoms with Crippen LogP contribution in [0.25, 0.3) is 0 Å². The molecule has 1 aromatic rings. The van der Waals surface area contributed by atoms with Gasteiger partial charge < -0.3 is 10.4 Å². The minimum absolute atomic E-state index is 0. The third-order valence-corrected chi connectivity index (χ3v) is 1.96. The van der Waals surface area contributed by atoms with Crippen LogP contribution in [0.3, 0.4) is 0 Å². The Hall–Kier alpha value is -0.890. The molecule has 0 amide bonds. The van der Waals surface area contributed by atoms with Crippen LogP contribution in [0, 0.1) is 15.9 Å². The van der Waals surface area contributed by atoms with Gasteiger partial charge in [0.2, 0.25) is 0 Å². The Bertz CT molecular complexity index is 457. The van der Waals surface area contributed by atoms with Crippen molar-refractivity contribution in [2.24, 2.45) is 0 Å². The largest absolute Gasteiger partial charge is 0.480 e. The zero-order valence-electron chi connectivity index (χ0n) is 8.74. The minimum atomic E-state index is -1.22. The van der Waals surface area contributed by atoms with E-state index in [0.29, 0.717) is 0 Å². The molecule has 0 aliphatic rings. The summed E-state index contributed by atoms with van der Waals surface area (Å²) in [5.74, 6) is -2.08. The number of benzene rings is 1. The number of carboxylic acids is 1. The molecule has 1 radical (unpaired) electrons. The molecule has 87 valence electrons. The van der Waals surface area contributed by atoms with Crippen LogP contribution in [0.2, 0.25) is 5.02 Å². The summed E-state index contributed by atoms with van der Waals surface area (Å²) in [5, 5.41) is 20.8. The molecule has 0 aliphatic heterocycles. The third kappa shape index (κ3) is 4.47. The maximum atomic E-state index is 13.0. The number of nitrogens with zero attached hydrogens (tertiary/aromatic N) is 1. The van der Waals surface area contributed by atoms with Gasteiger partial charge in [-0.2, -0.15) is 0 Å². The van der Waals surface area contributed by atoms with Gasteiger partial charge in [0, 0.05) is 41.7 Å². The van der Waals surface area contributed by atoms with E-state index in [1.54, 1.807) is 0 Å². The van der Waals surface area contributed by atoms with Gasteiger partial charge in [0.05, 0.1) is 9.95 Å². The smallest absolute Gasteiger partial charge is 0.322 e. The first-order valence-corrected chi connectivity index (χ1v) is 4.38. The standard InChI is InChI=1S/C8H6ClFN2O4.Na/c9-4-1-7(12(15)16)6(2-5(4)10)11-3-8(13)14;/h1-2,11H,3H2,(H,13,14);. The zero-order valence-corrected chi connectivity index (χ0v) is 11.5. The molecule has 0 spiro atoms. The summed E-state index contributed by atoms with van der Waals surface area (Å²) >= 11 is 5.37. The van der Waals surface area contributed by atoms with Crippen molar-refractivity contribution in [2.75, 3.05) is 11.9 Å². The van der Waals surface area contributed by atoms with Crippen molar-refractivity contribution in [1.82, 2.24) is 0 Å². The second-order valence-electron chi connectivity index (χ2n) is 2.79. The number of nitro benzene ring substituents is 1. The van der Waals surface area contributed by atoms with Crippen LogP contribution in [0.1, 0.15) is 0 Å². The molecular formula is C8H6ClFN2NaO4. The van der Waals surface area contributed by atoms with E-state index < -0.39 is 34.0 Å². The predicted octanol–water partition coefficient (Wildman–Crippen LogP) is 1.50. The molecule has 1 rings (SSSR count). The molecule has 17 heavy (non-hydrogen) atoms. The number of nitro groups is 1. The SMILES string of the molecule is O=C(O)CNc1cc(F)c(Cl)cc1[N+](=O)[O-].[Na]. The molecule has 0 saturated heterocycles. The van der Waals surface area contributed by atoms with Gasteiger partial charge in [-0.3, -0.25) is 14.9 Å². The molecule has 1 aromatic carbocycles. The number of halogens is 2. The Kier molecular flexibility index (Phi) is 6.40. The van der Waals surface area contributed by atoms with Gasteiger partial charge in [0.15, 0.2) is 0 Å². The summed E-state index contributed by atoms with van der Waals surface area (Å²) in [6, 6.07) is 1.60. The van der Waals surface area contributed by atoms with E-state index in [1.807, 2.05) is 0 Å². The Balaban J connectivity index is 0.00000256. The van der Waals surface area contributed by atoms with Crippen LogP contribution in [0.4, 0.5) is 15.8 Å². The van der Waals surface area contributed by atoms with E-state index in [2.05, 4.69) is 5.32 Å². The summed E-state index contributed by atoms with van der Waals surface area (Å²) in [5.41, 5.74) is -0.707. The fraction of sp³-hybridized carbons (Fsp3) is 0.125. The van der Waals surface area contributed by atoms with Crippen LogP contribution >= 0.6 is 11.6 Å². The summed E-state index contributed by atoms with van der Waals surface area (Å²) in [7, 11) is 0. The normalized spacial score (nSPS) is 9.29. The molecule has 0 heterocycles. The summed E-state index contributed by atoms with van der Waals surface area (Å²) in [6.45, 7) is -0.554. The van der Waals surface area contributed by atoms with Crippen molar-refractivity contribution < 1.29 is 19.2 Å². The number of rotatable bonds is 4. The van der Waals surface area contributed by atoms with Gasteiger partial charge in [-0.25, -0.2) is 4.39 Å². The topological polar surface area (TPSA) is 92.5 Å². The van der Waals surface area contributed by atoms with Crippen LogP contribution in [0.15, 0.2) is 12.1 Å². The Morgan fingerprint density at radius 3 is 2.65 bits per heavy atom. The second-order valence-corrected chi connectivity index (χ2v) is 3.20. The third-order valence-electron chi connectivity index (χ3n) is 1.67. The van der Waals surface area contributed by atoms with Crippen molar-refractivity contribution in [1.29, 1.82) is 0 Å². The molecule has 0 aromatic heterocycles. The number of hydrogen-bond acceptors (Lipinski definition) is 4. The van der Waals surface area contributed by atoms with Crippen LogP contribution in [-0.2, 0) is 4.79 Å². The molecule has 2 N–H and O–H groups in total. The summed E-state index contributed by atoms with van der Waals surface area (Å²) < 4.78 is 13.0. The molecule has 0 fully saturated rings. The van der Waals surface area contributed by atoms with Gasteiger partial charge in [-0.05, 0) is 0 Å². The van der Waals surface area contributed by atoms with Crippen molar-refractivity contribution in [2.45, 2.75) is 0 Å². The number of nitrogens with one attached hydrogen (secondary N) is 1. The monoisotopic (exact) mass is 271 g/mol. The first-order chi connectivity index (χ1) is 7.41. The zero-order chi connectivity index (χ0) is 12.3. The van der Waals surface area contributed by atoms with E-state index in [9.17, 15) is 19.3 Å². The van der Waals surface area contributed by atoms with Crippen molar-refractivity contribution in [3.63, 3.8) is 0 Å². The van der Waals surface area contributed by atoms with Crippen molar-refractivity contribution >= 4 is 58.5 Å². The molecule has 9 heteroatoms. The Labute approximate surface area is 122 Å². The van der Waals surface area contributed by atoms with Crippen LogP contribution in [0.5, 0.6) is 0 Å². The fourth-order valence-electron chi connectivity index (χ4n) is 1.000. The van der Waals surface area contributed by atoms with Crippen molar-refractivity contribution in [3.8, 4) is 0 Å². The fourth-order valence-corrected chi connectivity index (χ4v) is 1.16. The average Bonchev–Trinajstić information content (AvgIpc) is 2.18. The van der Waals surface area contributed by atoms with Crippen LogP contribution < -0.4 is 5.32 Å². The van der Waals surface area contributed by atoms with Gasteiger partial charge in [-0.1, -0.05) is 11.6 Å². The van der Waals surface area contributed by atoms with E-state index in [4.69, 9.17) is 16.7 Å². The molecule has 0 unspecified atom stereocenters. The second kappa shape index (κ2) is 6.75. The maximum Gasteiger partial charge on any atom is 0.322 e. The average molecular weight is 272 g/mol.